The van der Waals surface area contributed by atoms with Gasteiger partial charge in [0.1, 0.15) is 6.54 Å². The molecule has 8 nitrogen and oxygen atoms in total. The van der Waals surface area contributed by atoms with Crippen molar-refractivity contribution >= 4 is 17.9 Å². The lowest BCUT2D eigenvalue weighted by Crippen LogP contribution is -2.57. The zero-order valence-corrected chi connectivity index (χ0v) is 12.0. The number of likely N-dealkylation sites (N-methyl/N-ethyl adjacent to an activating group) is 1. The number of ether oxygens (including phenoxy) is 1. The Labute approximate surface area is 117 Å². The number of carbonyl (C=O) groups excluding carboxylic acids is 2. The third-order valence-electron chi connectivity index (χ3n) is 2.82. The molecule has 20 heavy (non-hydrogen) atoms. The third kappa shape index (κ3) is 4.37. The molecule has 1 rings (SSSR count). The van der Waals surface area contributed by atoms with Gasteiger partial charge in [0.05, 0.1) is 13.2 Å². The molecule has 0 spiro atoms. The van der Waals surface area contributed by atoms with Gasteiger partial charge in [-0.15, -0.1) is 0 Å². The van der Waals surface area contributed by atoms with Gasteiger partial charge in [-0.3, -0.25) is 4.79 Å². The summed E-state index contributed by atoms with van der Waals surface area (Å²) >= 11 is 0. The van der Waals surface area contributed by atoms with Gasteiger partial charge in [-0.05, 0) is 13.8 Å². The first kappa shape index (κ1) is 16.2. The molecule has 1 heterocycles. The van der Waals surface area contributed by atoms with E-state index < -0.39 is 18.0 Å². The van der Waals surface area contributed by atoms with Gasteiger partial charge in [0.15, 0.2) is 6.04 Å². The van der Waals surface area contributed by atoms with Crippen LogP contribution in [0.1, 0.15) is 13.8 Å². The van der Waals surface area contributed by atoms with Crippen LogP contribution >= 0.6 is 0 Å². The van der Waals surface area contributed by atoms with E-state index in [1.54, 1.807) is 0 Å². The van der Waals surface area contributed by atoms with Crippen molar-refractivity contribution < 1.29 is 24.2 Å². The van der Waals surface area contributed by atoms with E-state index in [1.165, 1.54) is 16.8 Å². The Balaban J connectivity index is 2.62. The number of carboxylic acids is 1. The van der Waals surface area contributed by atoms with Crippen molar-refractivity contribution in [2.45, 2.75) is 25.9 Å². The molecule has 1 saturated heterocycles. The van der Waals surface area contributed by atoms with Crippen LogP contribution in [0.2, 0.25) is 0 Å². The van der Waals surface area contributed by atoms with Crippen LogP contribution in [0.4, 0.5) is 4.79 Å². The monoisotopic (exact) mass is 287 g/mol. The molecule has 1 fully saturated rings. The number of hydrogen-bond acceptors (Lipinski definition) is 4. The predicted octanol–water partition coefficient (Wildman–Crippen LogP) is -0.652. The molecule has 1 atom stereocenters. The van der Waals surface area contributed by atoms with Crippen LogP contribution in [0.15, 0.2) is 0 Å². The molecule has 1 aliphatic rings. The van der Waals surface area contributed by atoms with Crippen molar-refractivity contribution in [1.82, 2.24) is 15.1 Å². The second kappa shape index (κ2) is 7.09. The van der Waals surface area contributed by atoms with Crippen LogP contribution in [0.3, 0.4) is 0 Å². The molecule has 0 saturated carbocycles. The zero-order valence-electron chi connectivity index (χ0n) is 12.0. The van der Waals surface area contributed by atoms with Gasteiger partial charge in [0, 0.05) is 19.6 Å². The lowest BCUT2D eigenvalue weighted by atomic mass is 10.2. The highest BCUT2D eigenvalue weighted by atomic mass is 16.5. The normalized spacial score (nSPS) is 18.8. The molecular formula is C12H21N3O5. The number of hydrogen-bond donors (Lipinski definition) is 2. The molecule has 0 aromatic heterocycles. The Hall–Kier alpha value is -1.83. The Bertz CT molecular complexity index is 385. The molecule has 1 aliphatic heterocycles. The number of carboxylic acid groups (broad SMARTS) is 1. The maximum Gasteiger partial charge on any atom is 0.328 e. The second-order valence-electron chi connectivity index (χ2n) is 4.98. The average Bonchev–Trinajstić information content (AvgIpc) is 2.36. The van der Waals surface area contributed by atoms with Crippen LogP contribution in [0.25, 0.3) is 0 Å². The minimum atomic E-state index is -1.11. The van der Waals surface area contributed by atoms with Gasteiger partial charge >= 0.3 is 12.0 Å². The summed E-state index contributed by atoms with van der Waals surface area (Å²) in [7, 11) is 1.47. The molecule has 8 heteroatoms. The van der Waals surface area contributed by atoms with E-state index in [9.17, 15) is 14.4 Å². The minimum absolute atomic E-state index is 0.0128. The number of urea groups is 1. The van der Waals surface area contributed by atoms with E-state index in [1.807, 2.05) is 13.8 Å². The van der Waals surface area contributed by atoms with Crippen LogP contribution in [0.5, 0.6) is 0 Å². The van der Waals surface area contributed by atoms with Gasteiger partial charge in [-0.25, -0.2) is 9.59 Å². The molecule has 3 amide bonds. The third-order valence-corrected chi connectivity index (χ3v) is 2.82. The largest absolute Gasteiger partial charge is 0.480 e. The molecule has 2 N–H and O–H groups in total. The van der Waals surface area contributed by atoms with Gasteiger partial charge in [0.25, 0.3) is 0 Å². The SMILES string of the molecule is CC(C)NC(=O)CN(C)C(=O)N1CCOCC1C(=O)O. The predicted molar refractivity (Wildman–Crippen MR) is 70.3 cm³/mol. The molecule has 0 radical (unpaired) electrons. The van der Waals surface area contributed by atoms with E-state index in [0.29, 0.717) is 6.61 Å². The first-order valence-corrected chi connectivity index (χ1v) is 6.44. The maximum atomic E-state index is 12.2. The van der Waals surface area contributed by atoms with E-state index in [2.05, 4.69) is 5.32 Å². The zero-order chi connectivity index (χ0) is 15.3. The number of rotatable bonds is 4. The molecule has 0 bridgehead atoms. The summed E-state index contributed by atoms with van der Waals surface area (Å²) in [5.74, 6) is -1.39. The van der Waals surface area contributed by atoms with Gasteiger partial charge < -0.3 is 25.0 Å². The van der Waals surface area contributed by atoms with Gasteiger partial charge in [-0.1, -0.05) is 0 Å². The Morgan fingerprint density at radius 1 is 1.45 bits per heavy atom. The average molecular weight is 287 g/mol. The summed E-state index contributed by atoms with van der Waals surface area (Å²) in [5, 5.41) is 11.7. The molecule has 114 valence electrons. The molecular weight excluding hydrogens is 266 g/mol. The van der Waals surface area contributed by atoms with Gasteiger partial charge in [-0.2, -0.15) is 0 Å². The topological polar surface area (TPSA) is 99.2 Å². The van der Waals surface area contributed by atoms with Crippen molar-refractivity contribution in [3.63, 3.8) is 0 Å². The fraction of sp³-hybridized carbons (Fsp3) is 0.750. The van der Waals surface area contributed by atoms with Crippen molar-refractivity contribution in [3.05, 3.63) is 0 Å². The van der Waals surface area contributed by atoms with Crippen LogP contribution in [-0.2, 0) is 14.3 Å². The molecule has 0 aliphatic carbocycles. The lowest BCUT2D eigenvalue weighted by molar-refractivity contribution is -0.147. The number of nitrogens with one attached hydrogen (secondary N) is 1. The Morgan fingerprint density at radius 2 is 2.10 bits per heavy atom. The van der Waals surface area contributed by atoms with Gasteiger partial charge in [0.2, 0.25) is 5.91 Å². The first-order chi connectivity index (χ1) is 9.32. The smallest absolute Gasteiger partial charge is 0.328 e. The fourth-order valence-electron chi connectivity index (χ4n) is 1.91. The molecule has 1 unspecified atom stereocenters. The summed E-state index contributed by atoms with van der Waals surface area (Å²) in [6.07, 6.45) is 0. The number of nitrogens with zero attached hydrogens (tertiary/aromatic N) is 2. The minimum Gasteiger partial charge on any atom is -0.480 e. The standard InChI is InChI=1S/C12H21N3O5/c1-8(2)13-10(16)6-14(3)12(19)15-4-5-20-7-9(15)11(17)18/h8-9H,4-7H2,1-3H3,(H,13,16)(H,17,18). The highest BCUT2D eigenvalue weighted by Gasteiger charge is 2.34. The quantitative estimate of drug-likeness (QED) is 0.715. The van der Waals surface area contributed by atoms with Crippen molar-refractivity contribution in [2.24, 2.45) is 0 Å². The van der Waals surface area contributed by atoms with E-state index in [0.717, 1.165) is 0 Å². The summed E-state index contributed by atoms with van der Waals surface area (Å²) < 4.78 is 5.06. The maximum absolute atomic E-state index is 12.2. The highest BCUT2D eigenvalue weighted by Crippen LogP contribution is 2.10. The number of aliphatic carboxylic acids is 1. The fourth-order valence-corrected chi connectivity index (χ4v) is 1.91. The number of amides is 3. The van der Waals surface area contributed by atoms with E-state index in [4.69, 9.17) is 9.84 Å². The molecule has 0 aromatic rings. The van der Waals surface area contributed by atoms with Crippen molar-refractivity contribution in [2.75, 3.05) is 33.4 Å². The highest BCUT2D eigenvalue weighted by molar-refractivity contribution is 5.86. The van der Waals surface area contributed by atoms with Crippen molar-refractivity contribution in [3.8, 4) is 0 Å². The van der Waals surface area contributed by atoms with E-state index >= 15 is 0 Å². The van der Waals surface area contributed by atoms with Crippen LogP contribution < -0.4 is 5.32 Å². The second-order valence-corrected chi connectivity index (χ2v) is 4.98. The van der Waals surface area contributed by atoms with Crippen LogP contribution in [0, 0.1) is 0 Å². The molecule has 0 aromatic carbocycles. The lowest BCUT2D eigenvalue weighted by Gasteiger charge is -2.35. The number of carbonyl (C=O) groups is 3. The summed E-state index contributed by atoms with van der Waals surface area (Å²) in [6.45, 7) is 3.99. The summed E-state index contributed by atoms with van der Waals surface area (Å²) in [5.41, 5.74) is 0. The first-order valence-electron chi connectivity index (χ1n) is 6.44. The Kier molecular flexibility index (Phi) is 5.75. The summed E-state index contributed by atoms with van der Waals surface area (Å²) in [4.78, 5) is 37.3. The van der Waals surface area contributed by atoms with Crippen molar-refractivity contribution in [1.29, 1.82) is 0 Å². The van der Waals surface area contributed by atoms with Crippen LogP contribution in [-0.4, -0.2) is 78.2 Å². The Morgan fingerprint density at radius 3 is 2.65 bits per heavy atom. The summed E-state index contributed by atoms with van der Waals surface area (Å²) in [6, 6.07) is -1.51. The number of morpholine rings is 1. The van der Waals surface area contributed by atoms with E-state index in [-0.39, 0.29) is 31.6 Å².